The molecule has 12 heteroatoms. The topological polar surface area (TPSA) is 196 Å². The van der Waals surface area contributed by atoms with Gasteiger partial charge in [0, 0.05) is 23.3 Å². The van der Waals surface area contributed by atoms with Crippen molar-refractivity contribution in [3.63, 3.8) is 0 Å². The SMILES string of the molecule is NC(=O)/C(=C/c1cccc2c1OC/C=C/Cc1cc([N+](=O)[O-])ccc1C(=O)O2)C(CC(=O)O)C(=O)O. The number of ether oxygens (including phenoxy) is 2. The number of rotatable bonds is 7. The Morgan fingerprint density at radius 2 is 1.92 bits per heavy atom. The van der Waals surface area contributed by atoms with Crippen molar-refractivity contribution < 1.29 is 43.8 Å². The molecule has 1 unspecified atom stereocenters. The van der Waals surface area contributed by atoms with Crippen LogP contribution in [0.25, 0.3) is 6.08 Å². The highest BCUT2D eigenvalue weighted by molar-refractivity contribution is 6.03. The molecule has 1 atom stereocenters. The van der Waals surface area contributed by atoms with Gasteiger partial charge >= 0.3 is 17.9 Å². The number of primary amides is 1. The van der Waals surface area contributed by atoms with E-state index in [1.807, 2.05) is 0 Å². The average molecular weight is 496 g/mol. The highest BCUT2D eigenvalue weighted by Crippen LogP contribution is 2.35. The molecule has 3 rings (SSSR count). The fourth-order valence-corrected chi connectivity index (χ4v) is 3.52. The van der Waals surface area contributed by atoms with E-state index >= 15 is 0 Å². The number of amides is 1. The van der Waals surface area contributed by atoms with Gasteiger partial charge in [-0.15, -0.1) is 0 Å². The summed E-state index contributed by atoms with van der Waals surface area (Å²) in [5.74, 6) is -6.83. The van der Waals surface area contributed by atoms with Gasteiger partial charge in [-0.25, -0.2) is 4.79 Å². The zero-order valence-corrected chi connectivity index (χ0v) is 18.6. The van der Waals surface area contributed by atoms with E-state index in [2.05, 4.69) is 0 Å². The van der Waals surface area contributed by atoms with Gasteiger partial charge in [0.05, 0.1) is 22.8 Å². The normalized spacial score (nSPS) is 15.1. The smallest absolute Gasteiger partial charge is 0.343 e. The van der Waals surface area contributed by atoms with Crippen molar-refractivity contribution in [3.8, 4) is 11.5 Å². The van der Waals surface area contributed by atoms with E-state index in [1.54, 1.807) is 12.2 Å². The van der Waals surface area contributed by atoms with Crippen molar-refractivity contribution in [1.29, 1.82) is 0 Å². The van der Waals surface area contributed by atoms with Crippen LogP contribution in [0.15, 0.2) is 54.1 Å². The molecular formula is C24H20N2O10. The van der Waals surface area contributed by atoms with Gasteiger partial charge in [0.2, 0.25) is 5.91 Å². The Morgan fingerprint density at radius 3 is 2.56 bits per heavy atom. The molecule has 12 nitrogen and oxygen atoms in total. The van der Waals surface area contributed by atoms with Gasteiger partial charge in [-0.1, -0.05) is 24.3 Å². The number of hydrogen-bond donors (Lipinski definition) is 3. The number of nitrogens with zero attached hydrogens (tertiary/aromatic N) is 1. The molecule has 0 spiro atoms. The molecule has 0 aliphatic carbocycles. The fraction of sp³-hybridized carbons (Fsp3) is 0.167. The number of carboxylic acids is 2. The van der Waals surface area contributed by atoms with Gasteiger partial charge in [-0.05, 0) is 30.2 Å². The van der Waals surface area contributed by atoms with Crippen LogP contribution in [0.4, 0.5) is 5.69 Å². The molecule has 4 N–H and O–H groups in total. The molecule has 0 aromatic heterocycles. The van der Waals surface area contributed by atoms with Gasteiger partial charge < -0.3 is 25.4 Å². The Bertz CT molecular complexity index is 1310. The Balaban J connectivity index is 2.10. The Kier molecular flexibility index (Phi) is 7.79. The minimum Gasteiger partial charge on any atom is -0.485 e. The van der Waals surface area contributed by atoms with E-state index in [0.29, 0.717) is 5.56 Å². The number of carbonyl (C=O) groups is 4. The second kappa shape index (κ2) is 11.0. The number of esters is 1. The first kappa shape index (κ1) is 25.6. The lowest BCUT2D eigenvalue weighted by molar-refractivity contribution is -0.384. The minimum atomic E-state index is -1.73. The van der Waals surface area contributed by atoms with Crippen molar-refractivity contribution in [3.05, 3.63) is 80.9 Å². The maximum absolute atomic E-state index is 12.9. The van der Waals surface area contributed by atoms with Crippen molar-refractivity contribution in [2.24, 2.45) is 11.7 Å². The van der Waals surface area contributed by atoms with Gasteiger partial charge in [0.1, 0.15) is 6.61 Å². The largest absolute Gasteiger partial charge is 0.485 e. The Labute approximate surface area is 203 Å². The number of para-hydroxylation sites is 1. The quantitative estimate of drug-likeness (QED) is 0.128. The molecule has 0 saturated heterocycles. The number of carbonyl (C=O) groups excluding carboxylic acids is 2. The maximum atomic E-state index is 12.9. The van der Waals surface area contributed by atoms with Crippen molar-refractivity contribution >= 4 is 35.6 Å². The highest BCUT2D eigenvalue weighted by Gasteiger charge is 2.29. The summed E-state index contributed by atoms with van der Waals surface area (Å²) in [4.78, 5) is 58.3. The monoisotopic (exact) mass is 496 g/mol. The summed E-state index contributed by atoms with van der Waals surface area (Å²) in [6.07, 6.45) is 3.61. The van der Waals surface area contributed by atoms with Crippen LogP contribution in [0.1, 0.15) is 27.9 Å². The summed E-state index contributed by atoms with van der Waals surface area (Å²) < 4.78 is 11.2. The number of fused-ring (bicyclic) bond motifs is 2. The number of carboxylic acid groups (broad SMARTS) is 2. The van der Waals surface area contributed by atoms with Gasteiger partial charge in [-0.2, -0.15) is 0 Å². The lowest BCUT2D eigenvalue weighted by Gasteiger charge is -2.16. The van der Waals surface area contributed by atoms with E-state index in [4.69, 9.17) is 20.3 Å². The van der Waals surface area contributed by atoms with Crippen LogP contribution < -0.4 is 15.2 Å². The van der Waals surface area contributed by atoms with E-state index in [0.717, 1.165) is 6.08 Å². The maximum Gasteiger partial charge on any atom is 0.343 e. The highest BCUT2D eigenvalue weighted by atomic mass is 16.6. The van der Waals surface area contributed by atoms with Crippen molar-refractivity contribution in [2.45, 2.75) is 12.8 Å². The number of nitro groups is 1. The van der Waals surface area contributed by atoms with Crippen LogP contribution in [0.3, 0.4) is 0 Å². The second-order valence-electron chi connectivity index (χ2n) is 7.60. The molecule has 1 amide bonds. The summed E-state index contributed by atoms with van der Waals surface area (Å²) in [5.41, 5.74) is 5.24. The molecule has 1 heterocycles. The van der Waals surface area contributed by atoms with Gasteiger partial charge in [0.25, 0.3) is 5.69 Å². The summed E-state index contributed by atoms with van der Waals surface area (Å²) >= 11 is 0. The van der Waals surface area contributed by atoms with E-state index < -0.39 is 46.7 Å². The molecule has 2 aromatic rings. The Hall–Kier alpha value is -5.00. The van der Waals surface area contributed by atoms with Crippen molar-refractivity contribution in [2.75, 3.05) is 6.61 Å². The van der Waals surface area contributed by atoms with Crippen LogP contribution in [0.5, 0.6) is 11.5 Å². The second-order valence-corrected chi connectivity index (χ2v) is 7.60. The van der Waals surface area contributed by atoms with E-state index in [1.165, 1.54) is 36.4 Å². The van der Waals surface area contributed by atoms with Gasteiger partial charge in [0.15, 0.2) is 11.5 Å². The molecule has 0 fully saturated rings. The van der Waals surface area contributed by atoms with Crippen LogP contribution in [0.2, 0.25) is 0 Å². The third-order valence-corrected chi connectivity index (χ3v) is 5.21. The third kappa shape index (κ3) is 5.91. The zero-order chi connectivity index (χ0) is 26.4. The molecule has 2 aromatic carbocycles. The molecular weight excluding hydrogens is 476 g/mol. The summed E-state index contributed by atoms with van der Waals surface area (Å²) in [7, 11) is 0. The number of hydrogen-bond acceptors (Lipinski definition) is 8. The van der Waals surface area contributed by atoms with Crippen LogP contribution in [-0.2, 0) is 20.8 Å². The fourth-order valence-electron chi connectivity index (χ4n) is 3.52. The molecule has 0 radical (unpaired) electrons. The lowest BCUT2D eigenvalue weighted by atomic mass is 9.93. The number of nitro benzene ring substituents is 1. The Morgan fingerprint density at radius 1 is 1.17 bits per heavy atom. The molecule has 0 bridgehead atoms. The summed E-state index contributed by atoms with van der Waals surface area (Å²) in [6.45, 7) is -0.0386. The van der Waals surface area contributed by atoms with Gasteiger partial charge in [-0.3, -0.25) is 24.5 Å². The first-order valence-electron chi connectivity index (χ1n) is 10.4. The zero-order valence-electron chi connectivity index (χ0n) is 18.6. The lowest BCUT2D eigenvalue weighted by Crippen LogP contribution is -2.28. The number of aliphatic carboxylic acids is 2. The molecule has 36 heavy (non-hydrogen) atoms. The summed E-state index contributed by atoms with van der Waals surface area (Å²) in [5, 5.41) is 29.6. The van der Waals surface area contributed by atoms with E-state index in [9.17, 15) is 34.4 Å². The number of nitrogens with two attached hydrogens (primary N) is 1. The predicted octanol–water partition coefficient (Wildman–Crippen LogP) is 2.35. The third-order valence-electron chi connectivity index (χ3n) is 5.21. The number of allylic oxidation sites excluding steroid dienone is 1. The van der Waals surface area contributed by atoms with Crippen LogP contribution in [0, 0.1) is 16.0 Å². The van der Waals surface area contributed by atoms with Crippen LogP contribution >= 0.6 is 0 Å². The first-order valence-corrected chi connectivity index (χ1v) is 10.4. The molecule has 1 aliphatic rings. The number of non-ortho nitro benzene ring substituents is 1. The standard InChI is InChI=1S/C24H20N2O10/c25-22(29)17(18(23(30)31)12-20(27)28)11-14-5-3-6-19-21(14)35-9-2-1-4-13-10-15(26(33)34)7-8-16(13)24(32)36-19/h1-3,5-8,10-11,18H,4,9,12H2,(H2,25,29)(H,27,28)(H,30,31)/b2-1+,17-11+. The van der Waals surface area contributed by atoms with Crippen molar-refractivity contribution in [1.82, 2.24) is 0 Å². The first-order chi connectivity index (χ1) is 17.1. The molecule has 1 aliphatic heterocycles. The molecule has 0 saturated carbocycles. The molecule has 186 valence electrons. The number of benzene rings is 2. The van der Waals surface area contributed by atoms with E-state index in [-0.39, 0.29) is 41.3 Å². The minimum absolute atomic E-state index is 0.0286. The average Bonchev–Trinajstić information content (AvgIpc) is 2.84. The van der Waals surface area contributed by atoms with Crippen LogP contribution in [-0.4, -0.2) is 45.6 Å². The predicted molar refractivity (Wildman–Crippen MR) is 123 cm³/mol. The summed E-state index contributed by atoms with van der Waals surface area (Å²) in [6, 6.07) is 8.00.